The van der Waals surface area contributed by atoms with Crippen LogP contribution in [0.15, 0.2) is 47.1 Å². The Bertz CT molecular complexity index is 831. The summed E-state index contributed by atoms with van der Waals surface area (Å²) in [6.45, 7) is 1.74. The summed E-state index contributed by atoms with van der Waals surface area (Å²) in [6.07, 6.45) is 2.69. The molecule has 1 aliphatic heterocycles. The zero-order chi connectivity index (χ0) is 16.5. The summed E-state index contributed by atoms with van der Waals surface area (Å²) >= 11 is 0. The fourth-order valence-corrected chi connectivity index (χ4v) is 2.75. The molecule has 0 radical (unpaired) electrons. The van der Waals surface area contributed by atoms with Gasteiger partial charge in [-0.3, -0.25) is 0 Å². The fourth-order valence-electron chi connectivity index (χ4n) is 2.75. The Morgan fingerprint density at radius 3 is 2.58 bits per heavy atom. The molecule has 0 amide bonds. The molecule has 1 fully saturated rings. The molecule has 0 bridgehead atoms. The van der Waals surface area contributed by atoms with Gasteiger partial charge in [0.2, 0.25) is 5.82 Å². The Kier molecular flexibility index (Phi) is 3.70. The molecule has 1 saturated heterocycles. The minimum Gasteiger partial charge on any atom is -0.355 e. The number of rotatable bonds is 3. The third-order valence-electron chi connectivity index (χ3n) is 4.07. The average molecular weight is 325 g/mol. The topological polar surface area (TPSA) is 81.1 Å². The summed E-state index contributed by atoms with van der Waals surface area (Å²) in [6, 6.07) is 9.98. The predicted molar refractivity (Wildman–Crippen MR) is 87.7 cm³/mol. The quantitative estimate of drug-likeness (QED) is 0.797. The summed E-state index contributed by atoms with van der Waals surface area (Å²) in [5.74, 6) is 1.39. The fraction of sp³-hybridized carbons (Fsp3) is 0.235. The zero-order valence-electron chi connectivity index (χ0n) is 12.9. The van der Waals surface area contributed by atoms with Gasteiger partial charge in [0.15, 0.2) is 0 Å². The monoisotopic (exact) mass is 325 g/mol. The van der Waals surface area contributed by atoms with Gasteiger partial charge in [0.1, 0.15) is 11.6 Å². The van der Waals surface area contributed by atoms with Crippen LogP contribution in [-0.4, -0.2) is 34.3 Å². The van der Waals surface area contributed by atoms with Gasteiger partial charge in [-0.15, -0.1) is 0 Å². The van der Waals surface area contributed by atoms with Crippen molar-refractivity contribution in [3.05, 3.63) is 48.4 Å². The largest absolute Gasteiger partial charge is 0.355 e. The lowest BCUT2D eigenvalue weighted by atomic mass is 10.2. The maximum Gasteiger partial charge on any atom is 0.259 e. The molecule has 6 nitrogen and oxygen atoms in total. The summed E-state index contributed by atoms with van der Waals surface area (Å²) in [5, 5.41) is 3.94. The lowest BCUT2D eigenvalue weighted by molar-refractivity contribution is 0.432. The van der Waals surface area contributed by atoms with Gasteiger partial charge in [-0.2, -0.15) is 4.98 Å². The van der Waals surface area contributed by atoms with E-state index in [0.717, 1.165) is 30.9 Å². The molecule has 1 aromatic carbocycles. The first-order chi connectivity index (χ1) is 11.7. The van der Waals surface area contributed by atoms with Gasteiger partial charge in [-0.1, -0.05) is 5.16 Å². The molecule has 0 spiro atoms. The number of anilines is 1. The molecule has 1 aliphatic rings. The van der Waals surface area contributed by atoms with Crippen molar-refractivity contribution in [2.45, 2.75) is 12.5 Å². The lowest BCUT2D eigenvalue weighted by Crippen LogP contribution is -2.26. The third kappa shape index (κ3) is 2.85. The second kappa shape index (κ2) is 6.01. The second-order valence-electron chi connectivity index (χ2n) is 5.83. The Morgan fingerprint density at radius 2 is 1.92 bits per heavy atom. The van der Waals surface area contributed by atoms with Crippen LogP contribution in [0.1, 0.15) is 6.42 Å². The number of hydrogen-bond donors (Lipinski definition) is 1. The number of hydrogen-bond acceptors (Lipinski definition) is 6. The Labute approximate surface area is 138 Å². The molecule has 3 heterocycles. The first-order valence-electron chi connectivity index (χ1n) is 7.75. The molecular weight excluding hydrogens is 309 g/mol. The van der Waals surface area contributed by atoms with Gasteiger partial charge in [0, 0.05) is 30.9 Å². The minimum absolute atomic E-state index is 0.209. The highest BCUT2D eigenvalue weighted by Crippen LogP contribution is 2.24. The highest BCUT2D eigenvalue weighted by atomic mass is 19.1. The van der Waals surface area contributed by atoms with Crippen molar-refractivity contribution in [1.82, 2.24) is 15.1 Å². The molecule has 0 saturated carbocycles. The summed E-state index contributed by atoms with van der Waals surface area (Å²) in [7, 11) is 0. The van der Waals surface area contributed by atoms with E-state index in [2.05, 4.69) is 20.0 Å². The smallest absolute Gasteiger partial charge is 0.259 e. The molecule has 4 rings (SSSR count). The van der Waals surface area contributed by atoms with E-state index in [1.807, 2.05) is 12.1 Å². The third-order valence-corrected chi connectivity index (χ3v) is 4.07. The van der Waals surface area contributed by atoms with Crippen molar-refractivity contribution >= 4 is 5.82 Å². The SMILES string of the molecule is NC1CCN(c2ccc(-c3nc(-c4ccc(F)cc4)no3)cn2)C1. The summed E-state index contributed by atoms with van der Waals surface area (Å²) < 4.78 is 18.3. The molecule has 0 aliphatic carbocycles. The van der Waals surface area contributed by atoms with Crippen LogP contribution in [0.25, 0.3) is 22.8 Å². The molecule has 1 atom stereocenters. The lowest BCUT2D eigenvalue weighted by Gasteiger charge is -2.16. The number of aromatic nitrogens is 3. The van der Waals surface area contributed by atoms with Gasteiger partial charge in [0.05, 0.1) is 5.56 Å². The van der Waals surface area contributed by atoms with Crippen molar-refractivity contribution < 1.29 is 8.91 Å². The van der Waals surface area contributed by atoms with E-state index in [4.69, 9.17) is 10.3 Å². The van der Waals surface area contributed by atoms with E-state index >= 15 is 0 Å². The summed E-state index contributed by atoms with van der Waals surface area (Å²) in [4.78, 5) is 11.0. The van der Waals surface area contributed by atoms with Gasteiger partial charge in [0.25, 0.3) is 5.89 Å². The zero-order valence-corrected chi connectivity index (χ0v) is 12.9. The number of halogens is 1. The molecule has 7 heteroatoms. The van der Waals surface area contributed by atoms with Gasteiger partial charge in [-0.25, -0.2) is 9.37 Å². The van der Waals surface area contributed by atoms with Crippen LogP contribution in [-0.2, 0) is 0 Å². The van der Waals surface area contributed by atoms with E-state index in [9.17, 15) is 4.39 Å². The van der Waals surface area contributed by atoms with Gasteiger partial charge < -0.3 is 15.2 Å². The van der Waals surface area contributed by atoms with Gasteiger partial charge >= 0.3 is 0 Å². The van der Waals surface area contributed by atoms with E-state index in [1.165, 1.54) is 12.1 Å². The van der Waals surface area contributed by atoms with Crippen molar-refractivity contribution in [1.29, 1.82) is 0 Å². The predicted octanol–water partition coefficient (Wildman–Crippen LogP) is 2.48. The van der Waals surface area contributed by atoms with Crippen LogP contribution < -0.4 is 10.6 Å². The first kappa shape index (κ1) is 14.8. The van der Waals surface area contributed by atoms with Crippen molar-refractivity contribution in [3.63, 3.8) is 0 Å². The van der Waals surface area contributed by atoms with Crippen LogP contribution in [0.2, 0.25) is 0 Å². The van der Waals surface area contributed by atoms with Crippen LogP contribution in [0.3, 0.4) is 0 Å². The van der Waals surface area contributed by atoms with Gasteiger partial charge in [-0.05, 0) is 42.8 Å². The number of nitrogens with two attached hydrogens (primary N) is 1. The maximum atomic E-state index is 13.0. The molecule has 1 unspecified atom stereocenters. The van der Waals surface area contributed by atoms with Crippen LogP contribution in [0.5, 0.6) is 0 Å². The average Bonchev–Trinajstić information content (AvgIpc) is 3.25. The highest BCUT2D eigenvalue weighted by Gasteiger charge is 2.20. The molecule has 2 aromatic heterocycles. The maximum absolute atomic E-state index is 13.0. The van der Waals surface area contributed by atoms with Crippen molar-refractivity contribution in [3.8, 4) is 22.8 Å². The normalized spacial score (nSPS) is 17.4. The number of nitrogens with zero attached hydrogens (tertiary/aromatic N) is 4. The second-order valence-corrected chi connectivity index (χ2v) is 5.83. The van der Waals surface area contributed by atoms with Crippen LogP contribution in [0, 0.1) is 5.82 Å². The molecule has 3 aromatic rings. The molecular formula is C17H16FN5O. The van der Waals surface area contributed by atoms with E-state index in [0.29, 0.717) is 17.3 Å². The molecule has 24 heavy (non-hydrogen) atoms. The van der Waals surface area contributed by atoms with Crippen LogP contribution >= 0.6 is 0 Å². The summed E-state index contributed by atoms with van der Waals surface area (Å²) in [5.41, 5.74) is 7.36. The van der Waals surface area contributed by atoms with Crippen LogP contribution in [0.4, 0.5) is 10.2 Å². The van der Waals surface area contributed by atoms with Crippen molar-refractivity contribution in [2.24, 2.45) is 5.73 Å². The number of pyridine rings is 1. The van der Waals surface area contributed by atoms with E-state index < -0.39 is 0 Å². The number of benzene rings is 1. The van der Waals surface area contributed by atoms with E-state index in [1.54, 1.807) is 18.3 Å². The standard InChI is InChI=1S/C17H16FN5O/c18-13-4-1-11(2-5-13)16-21-17(24-22-16)12-3-6-15(20-9-12)23-8-7-14(19)10-23/h1-6,9,14H,7-8,10,19H2. The Morgan fingerprint density at radius 1 is 1.12 bits per heavy atom. The Hall–Kier alpha value is -2.80. The Balaban J connectivity index is 1.55. The van der Waals surface area contributed by atoms with E-state index in [-0.39, 0.29) is 11.9 Å². The van der Waals surface area contributed by atoms with Crippen molar-refractivity contribution in [2.75, 3.05) is 18.0 Å². The highest BCUT2D eigenvalue weighted by molar-refractivity contribution is 5.60. The molecule has 122 valence electrons. The molecule has 2 N–H and O–H groups in total. The first-order valence-corrected chi connectivity index (χ1v) is 7.75. The minimum atomic E-state index is -0.302.